The van der Waals surface area contributed by atoms with E-state index in [0.29, 0.717) is 6.61 Å². The van der Waals surface area contributed by atoms with E-state index in [9.17, 15) is 15.3 Å². The van der Waals surface area contributed by atoms with Crippen molar-refractivity contribution in [2.45, 2.75) is 121 Å². The zero-order valence-electron chi connectivity index (χ0n) is 18.6. The monoisotopic (exact) mass is 414 g/mol. The fourth-order valence-corrected chi connectivity index (χ4v) is 3.79. The molecule has 3 N–H and O–H groups in total. The first-order valence-corrected chi connectivity index (χ1v) is 12.1. The average Bonchev–Trinajstić information content (AvgIpc) is 2.73. The number of rotatable bonds is 18. The van der Waals surface area contributed by atoms with Crippen LogP contribution in [0.1, 0.15) is 96.8 Å². The highest BCUT2D eigenvalue weighted by molar-refractivity contribution is 4.87. The van der Waals surface area contributed by atoms with Crippen LogP contribution in [0, 0.1) is 0 Å². The molecule has 1 aliphatic heterocycles. The maximum atomic E-state index is 10.00. The molecular formula is C24H46O5. The molecule has 0 aromatic rings. The van der Waals surface area contributed by atoms with E-state index in [-0.39, 0.29) is 13.2 Å². The first-order chi connectivity index (χ1) is 14.2. The third-order valence-corrected chi connectivity index (χ3v) is 5.72. The van der Waals surface area contributed by atoms with Crippen molar-refractivity contribution in [2.24, 2.45) is 0 Å². The van der Waals surface area contributed by atoms with Crippen LogP contribution in [-0.2, 0) is 9.47 Å². The first kappa shape index (κ1) is 26.6. The number of unbranched alkanes of at least 4 members (excludes halogenated alkanes) is 12. The highest BCUT2D eigenvalue weighted by Gasteiger charge is 2.39. The lowest BCUT2D eigenvalue weighted by atomic mass is 10.0. The summed E-state index contributed by atoms with van der Waals surface area (Å²) in [5.74, 6) is 0. The Labute approximate surface area is 178 Å². The van der Waals surface area contributed by atoms with Gasteiger partial charge in [0.25, 0.3) is 0 Å². The summed E-state index contributed by atoms with van der Waals surface area (Å²) in [4.78, 5) is 0. The second kappa shape index (κ2) is 18.3. The number of hydrogen-bond acceptors (Lipinski definition) is 5. The third kappa shape index (κ3) is 12.7. The van der Waals surface area contributed by atoms with Gasteiger partial charge in [-0.05, 0) is 32.1 Å². The zero-order valence-corrected chi connectivity index (χ0v) is 18.6. The van der Waals surface area contributed by atoms with Crippen LogP contribution in [0.5, 0.6) is 0 Å². The molecule has 0 bridgehead atoms. The summed E-state index contributed by atoms with van der Waals surface area (Å²) in [6.45, 7) is 2.61. The Morgan fingerprint density at radius 3 is 1.97 bits per heavy atom. The molecule has 0 aromatic heterocycles. The van der Waals surface area contributed by atoms with Crippen LogP contribution in [-0.4, -0.2) is 59.6 Å². The molecule has 5 nitrogen and oxygen atoms in total. The van der Waals surface area contributed by atoms with Gasteiger partial charge in [-0.25, -0.2) is 0 Å². The zero-order chi connectivity index (χ0) is 21.2. The maximum Gasteiger partial charge on any atom is 0.114 e. The molecule has 0 aliphatic carbocycles. The average molecular weight is 415 g/mol. The smallest absolute Gasteiger partial charge is 0.114 e. The van der Waals surface area contributed by atoms with Gasteiger partial charge in [0.05, 0.1) is 13.2 Å². The van der Waals surface area contributed by atoms with Gasteiger partial charge in [-0.1, -0.05) is 76.9 Å². The summed E-state index contributed by atoms with van der Waals surface area (Å²) in [5, 5.41) is 29.0. The normalized spacial score (nSPS) is 25.1. The Kier molecular flexibility index (Phi) is 16.8. The summed E-state index contributed by atoms with van der Waals surface area (Å²) in [6.07, 6.45) is 19.3. The molecule has 0 unspecified atom stereocenters. The fourth-order valence-electron chi connectivity index (χ4n) is 3.79. The number of aliphatic hydroxyl groups is 3. The van der Waals surface area contributed by atoms with Crippen LogP contribution < -0.4 is 0 Å². The van der Waals surface area contributed by atoms with Crippen LogP contribution in [0.3, 0.4) is 0 Å². The predicted octanol–water partition coefficient (Wildman–Crippen LogP) is 4.52. The lowest BCUT2D eigenvalue weighted by Crippen LogP contribution is -2.55. The SMILES string of the molecule is CCCCCCCCCCC/C=C/CCCCCO[C@H]1[C@H](O)[C@@H](O)CO[C@@H]1CO. The molecule has 1 rings (SSSR count). The van der Waals surface area contributed by atoms with Crippen molar-refractivity contribution in [3.05, 3.63) is 12.2 Å². The molecule has 5 heteroatoms. The van der Waals surface area contributed by atoms with Gasteiger partial charge in [0.2, 0.25) is 0 Å². The summed E-state index contributed by atoms with van der Waals surface area (Å²) >= 11 is 0. The van der Waals surface area contributed by atoms with Crippen LogP contribution >= 0.6 is 0 Å². The molecule has 4 atom stereocenters. The second-order valence-electron chi connectivity index (χ2n) is 8.39. The number of hydrogen-bond donors (Lipinski definition) is 3. The molecule has 0 aromatic carbocycles. The summed E-state index contributed by atoms with van der Waals surface area (Å²) < 4.78 is 11.0. The van der Waals surface area contributed by atoms with Gasteiger partial charge >= 0.3 is 0 Å². The van der Waals surface area contributed by atoms with Crippen molar-refractivity contribution in [1.29, 1.82) is 0 Å². The van der Waals surface area contributed by atoms with Gasteiger partial charge in [0.15, 0.2) is 0 Å². The topological polar surface area (TPSA) is 79.2 Å². The lowest BCUT2D eigenvalue weighted by molar-refractivity contribution is -0.211. The molecule has 1 fully saturated rings. The molecule has 0 saturated carbocycles. The van der Waals surface area contributed by atoms with E-state index in [1.807, 2.05) is 0 Å². The standard InChI is InChI=1S/C24H46O5/c1-2-3-4-5-6-7-8-9-10-11-12-13-14-15-16-17-18-28-24-22(19-25)29-20-21(26)23(24)27/h12-13,21-27H,2-11,14-20H2,1H3/b13-12+/t21-,22+,23+,24+/m0/s1. The first-order valence-electron chi connectivity index (χ1n) is 12.1. The number of allylic oxidation sites excluding steroid dienone is 2. The van der Waals surface area contributed by atoms with E-state index < -0.39 is 24.4 Å². The molecule has 0 spiro atoms. The van der Waals surface area contributed by atoms with Gasteiger partial charge in [-0.3, -0.25) is 0 Å². The van der Waals surface area contributed by atoms with Crippen LogP contribution in [0.25, 0.3) is 0 Å². The van der Waals surface area contributed by atoms with Crippen molar-refractivity contribution in [1.82, 2.24) is 0 Å². The molecule has 0 amide bonds. The van der Waals surface area contributed by atoms with Gasteiger partial charge in [-0.15, -0.1) is 0 Å². The maximum absolute atomic E-state index is 10.00. The quantitative estimate of drug-likeness (QED) is 0.227. The van der Waals surface area contributed by atoms with E-state index in [1.54, 1.807) is 0 Å². The van der Waals surface area contributed by atoms with E-state index in [2.05, 4.69) is 19.1 Å². The van der Waals surface area contributed by atoms with Crippen molar-refractivity contribution in [3.8, 4) is 0 Å². The highest BCUT2D eigenvalue weighted by Crippen LogP contribution is 2.19. The number of aliphatic hydroxyl groups excluding tert-OH is 3. The predicted molar refractivity (Wildman–Crippen MR) is 118 cm³/mol. The number of ether oxygens (including phenoxy) is 2. The van der Waals surface area contributed by atoms with Gasteiger partial charge < -0.3 is 24.8 Å². The summed E-state index contributed by atoms with van der Waals surface area (Å²) in [5.41, 5.74) is 0. The van der Waals surface area contributed by atoms with Crippen molar-refractivity contribution >= 4 is 0 Å². The Hall–Kier alpha value is -0.460. The van der Waals surface area contributed by atoms with Gasteiger partial charge in [0.1, 0.15) is 24.4 Å². The summed E-state index contributed by atoms with van der Waals surface area (Å²) in [6, 6.07) is 0. The van der Waals surface area contributed by atoms with Gasteiger partial charge in [-0.2, -0.15) is 0 Å². The van der Waals surface area contributed by atoms with Gasteiger partial charge in [0, 0.05) is 6.61 Å². The molecule has 0 radical (unpaired) electrons. The van der Waals surface area contributed by atoms with Crippen molar-refractivity contribution < 1.29 is 24.8 Å². The third-order valence-electron chi connectivity index (χ3n) is 5.72. The van der Waals surface area contributed by atoms with E-state index in [0.717, 1.165) is 25.7 Å². The van der Waals surface area contributed by atoms with Crippen LogP contribution in [0.4, 0.5) is 0 Å². The molecule has 1 heterocycles. The molecule has 1 saturated heterocycles. The minimum atomic E-state index is -0.995. The molecule has 1 aliphatic rings. The Bertz CT molecular complexity index is 385. The molecule has 172 valence electrons. The van der Waals surface area contributed by atoms with E-state index in [4.69, 9.17) is 9.47 Å². The largest absolute Gasteiger partial charge is 0.394 e. The Balaban J connectivity index is 1.89. The van der Waals surface area contributed by atoms with Crippen molar-refractivity contribution in [3.63, 3.8) is 0 Å². The lowest BCUT2D eigenvalue weighted by Gasteiger charge is -2.37. The molecule has 29 heavy (non-hydrogen) atoms. The second-order valence-corrected chi connectivity index (χ2v) is 8.39. The van der Waals surface area contributed by atoms with E-state index >= 15 is 0 Å². The van der Waals surface area contributed by atoms with Crippen molar-refractivity contribution in [2.75, 3.05) is 19.8 Å². The van der Waals surface area contributed by atoms with E-state index in [1.165, 1.54) is 64.2 Å². The summed E-state index contributed by atoms with van der Waals surface area (Å²) in [7, 11) is 0. The minimum Gasteiger partial charge on any atom is -0.394 e. The minimum absolute atomic E-state index is 0.0393. The van der Waals surface area contributed by atoms with Crippen LogP contribution in [0.15, 0.2) is 12.2 Å². The fraction of sp³-hybridized carbons (Fsp3) is 0.917. The van der Waals surface area contributed by atoms with Crippen LogP contribution in [0.2, 0.25) is 0 Å². The Morgan fingerprint density at radius 2 is 1.38 bits per heavy atom. The Morgan fingerprint density at radius 1 is 0.828 bits per heavy atom. The molecular weight excluding hydrogens is 368 g/mol. The highest BCUT2D eigenvalue weighted by atomic mass is 16.6.